The molecule has 0 radical (unpaired) electrons. The summed E-state index contributed by atoms with van der Waals surface area (Å²) in [6.45, 7) is 15.8. The molecule has 132 valence electrons. The molecular weight excluding hydrogens is 301 g/mol. The van der Waals surface area contributed by atoms with E-state index >= 15 is 0 Å². The molecule has 1 aliphatic rings. The zero-order valence-electron chi connectivity index (χ0n) is 16.1. The van der Waals surface area contributed by atoms with Crippen LogP contribution in [0.5, 0.6) is 0 Å². The Kier molecular flexibility index (Phi) is 5.45. The van der Waals surface area contributed by atoms with Gasteiger partial charge in [-0.1, -0.05) is 23.8 Å². The molecule has 0 atom stereocenters. The lowest BCUT2D eigenvalue weighted by Crippen LogP contribution is -2.41. The number of hydrogen-bond donors (Lipinski definition) is 0. The number of benzene rings is 1. The summed E-state index contributed by atoms with van der Waals surface area (Å²) in [6.07, 6.45) is 0.437. The minimum Gasteiger partial charge on any atom is -0.399 e. The third-order valence-electron chi connectivity index (χ3n) is 5.31. The van der Waals surface area contributed by atoms with E-state index in [0.29, 0.717) is 6.42 Å². The van der Waals surface area contributed by atoms with Crippen molar-refractivity contribution in [2.24, 2.45) is 0 Å². The maximum Gasteiger partial charge on any atom is 0.495 e. The summed E-state index contributed by atoms with van der Waals surface area (Å²) in [5.74, 6) is 0.169. The Labute approximate surface area is 146 Å². The third-order valence-corrected chi connectivity index (χ3v) is 5.31. The van der Waals surface area contributed by atoms with Crippen molar-refractivity contribution in [3.63, 3.8) is 0 Å². The zero-order chi connectivity index (χ0) is 18.1. The van der Waals surface area contributed by atoms with Crippen LogP contribution in [-0.4, -0.2) is 42.2 Å². The van der Waals surface area contributed by atoms with E-state index in [1.54, 1.807) is 0 Å². The number of hydrogen-bond acceptors (Lipinski definition) is 3. The van der Waals surface area contributed by atoms with Crippen LogP contribution in [0.2, 0.25) is 0 Å². The Bertz CT molecular complexity index is 593. The van der Waals surface area contributed by atoms with E-state index in [9.17, 15) is 4.79 Å². The fourth-order valence-electron chi connectivity index (χ4n) is 2.94. The molecule has 1 heterocycles. The van der Waals surface area contributed by atoms with Gasteiger partial charge in [-0.25, -0.2) is 0 Å². The van der Waals surface area contributed by atoms with Crippen molar-refractivity contribution < 1.29 is 14.1 Å². The van der Waals surface area contributed by atoms with Gasteiger partial charge in [-0.3, -0.25) is 4.79 Å². The van der Waals surface area contributed by atoms with E-state index in [0.717, 1.165) is 29.7 Å². The smallest absolute Gasteiger partial charge is 0.399 e. The number of carbonyl (C=O) groups excluding carboxylic acids is 1. The van der Waals surface area contributed by atoms with Crippen LogP contribution in [0.25, 0.3) is 0 Å². The van der Waals surface area contributed by atoms with Gasteiger partial charge in [-0.2, -0.15) is 0 Å². The van der Waals surface area contributed by atoms with Crippen LogP contribution in [0.15, 0.2) is 18.2 Å². The van der Waals surface area contributed by atoms with Crippen molar-refractivity contribution in [1.82, 2.24) is 4.90 Å². The Morgan fingerprint density at radius 3 is 2.08 bits per heavy atom. The van der Waals surface area contributed by atoms with Crippen LogP contribution >= 0.6 is 0 Å². The largest absolute Gasteiger partial charge is 0.495 e. The van der Waals surface area contributed by atoms with Gasteiger partial charge in [0.25, 0.3) is 0 Å². The number of rotatable bonds is 5. The highest BCUT2D eigenvalue weighted by Gasteiger charge is 2.52. The summed E-state index contributed by atoms with van der Waals surface area (Å²) >= 11 is 0. The summed E-state index contributed by atoms with van der Waals surface area (Å²) in [5, 5.41) is 0. The van der Waals surface area contributed by atoms with Gasteiger partial charge in [-0.15, -0.1) is 0 Å². The first-order valence-electron chi connectivity index (χ1n) is 8.84. The summed E-state index contributed by atoms with van der Waals surface area (Å²) in [4.78, 5) is 14.1. The monoisotopic (exact) mass is 331 g/mol. The third kappa shape index (κ3) is 3.67. The quantitative estimate of drug-likeness (QED) is 0.779. The van der Waals surface area contributed by atoms with Gasteiger partial charge < -0.3 is 14.2 Å². The SMILES string of the molecule is CCN(CC)C(=O)Cc1ccc(B2OC(C)(C)C(C)(C)O2)c(C)c1. The Morgan fingerprint density at radius 2 is 1.62 bits per heavy atom. The second-order valence-electron chi connectivity index (χ2n) is 7.52. The molecule has 0 aromatic heterocycles. The summed E-state index contributed by atoms with van der Waals surface area (Å²) in [5.41, 5.74) is 2.47. The first-order chi connectivity index (χ1) is 11.1. The minimum atomic E-state index is -0.359. The molecule has 1 amide bonds. The van der Waals surface area contributed by atoms with Crippen LogP contribution < -0.4 is 5.46 Å². The molecule has 1 aliphatic heterocycles. The van der Waals surface area contributed by atoms with Crippen molar-refractivity contribution >= 4 is 18.5 Å². The van der Waals surface area contributed by atoms with Gasteiger partial charge in [0, 0.05) is 13.1 Å². The Balaban J connectivity index is 2.15. The molecule has 0 unspecified atom stereocenters. The van der Waals surface area contributed by atoms with Gasteiger partial charge in [-0.05, 0) is 59.5 Å². The highest BCUT2D eigenvalue weighted by Crippen LogP contribution is 2.36. The van der Waals surface area contributed by atoms with Crippen LogP contribution in [0.3, 0.4) is 0 Å². The molecule has 2 rings (SSSR count). The van der Waals surface area contributed by atoms with Crippen molar-refractivity contribution in [2.75, 3.05) is 13.1 Å². The summed E-state index contributed by atoms with van der Waals surface area (Å²) in [7, 11) is -0.359. The van der Waals surface area contributed by atoms with Gasteiger partial charge in [0.1, 0.15) is 0 Å². The second kappa shape index (κ2) is 6.89. The van der Waals surface area contributed by atoms with Crippen molar-refractivity contribution in [3.8, 4) is 0 Å². The maximum absolute atomic E-state index is 12.3. The first-order valence-corrected chi connectivity index (χ1v) is 8.84. The van der Waals surface area contributed by atoms with Crippen LogP contribution in [0, 0.1) is 6.92 Å². The van der Waals surface area contributed by atoms with E-state index in [1.165, 1.54) is 0 Å². The molecule has 0 aliphatic carbocycles. The highest BCUT2D eigenvalue weighted by molar-refractivity contribution is 6.62. The predicted octanol–water partition coefficient (Wildman–Crippen LogP) is 2.71. The van der Waals surface area contributed by atoms with Gasteiger partial charge in [0.2, 0.25) is 5.91 Å². The second-order valence-corrected chi connectivity index (χ2v) is 7.52. The lowest BCUT2D eigenvalue weighted by Gasteiger charge is -2.32. The predicted molar refractivity (Wildman–Crippen MR) is 98.5 cm³/mol. The fraction of sp³-hybridized carbons (Fsp3) is 0.632. The molecule has 1 saturated heterocycles. The van der Waals surface area contributed by atoms with Crippen molar-refractivity contribution in [3.05, 3.63) is 29.3 Å². The number of aryl methyl sites for hydroxylation is 1. The fourth-order valence-corrected chi connectivity index (χ4v) is 2.94. The number of likely N-dealkylation sites (N-methyl/N-ethyl adjacent to an activating group) is 1. The molecule has 1 aromatic carbocycles. The number of nitrogens with zero attached hydrogens (tertiary/aromatic N) is 1. The molecule has 0 bridgehead atoms. The number of amides is 1. The van der Waals surface area contributed by atoms with Crippen molar-refractivity contribution in [1.29, 1.82) is 0 Å². The van der Waals surface area contributed by atoms with E-state index in [2.05, 4.69) is 33.8 Å². The normalized spacial score (nSPS) is 18.7. The molecule has 4 nitrogen and oxygen atoms in total. The van der Waals surface area contributed by atoms with Gasteiger partial charge in [0.15, 0.2) is 0 Å². The summed E-state index contributed by atoms with van der Waals surface area (Å²) in [6, 6.07) is 6.11. The zero-order valence-corrected chi connectivity index (χ0v) is 16.1. The summed E-state index contributed by atoms with van der Waals surface area (Å²) < 4.78 is 12.3. The van der Waals surface area contributed by atoms with Gasteiger partial charge in [0.05, 0.1) is 17.6 Å². The van der Waals surface area contributed by atoms with Crippen LogP contribution in [-0.2, 0) is 20.5 Å². The molecular formula is C19H30BNO3. The molecule has 0 N–H and O–H groups in total. The minimum absolute atomic E-state index is 0.169. The lowest BCUT2D eigenvalue weighted by molar-refractivity contribution is -0.130. The Hall–Kier alpha value is -1.33. The molecule has 1 aromatic rings. The standard InChI is InChI=1S/C19H30BNO3/c1-8-21(9-2)17(22)13-15-10-11-16(14(3)12-15)20-23-18(4,5)19(6,7)24-20/h10-12H,8-9,13H2,1-7H3. The van der Waals surface area contributed by atoms with Crippen LogP contribution in [0.4, 0.5) is 0 Å². The number of carbonyl (C=O) groups is 1. The average molecular weight is 331 g/mol. The van der Waals surface area contributed by atoms with E-state index in [1.807, 2.05) is 37.8 Å². The lowest BCUT2D eigenvalue weighted by atomic mass is 9.75. The average Bonchev–Trinajstić information content (AvgIpc) is 2.68. The highest BCUT2D eigenvalue weighted by atomic mass is 16.7. The molecule has 5 heteroatoms. The molecule has 1 fully saturated rings. The maximum atomic E-state index is 12.3. The van der Waals surface area contributed by atoms with Gasteiger partial charge >= 0.3 is 7.12 Å². The van der Waals surface area contributed by atoms with E-state index in [-0.39, 0.29) is 24.2 Å². The first kappa shape index (κ1) is 19.0. The van der Waals surface area contributed by atoms with Crippen LogP contribution in [0.1, 0.15) is 52.7 Å². The molecule has 24 heavy (non-hydrogen) atoms. The van der Waals surface area contributed by atoms with Crippen molar-refractivity contribution in [2.45, 2.75) is 66.1 Å². The molecule has 0 spiro atoms. The Morgan fingerprint density at radius 1 is 1.08 bits per heavy atom. The van der Waals surface area contributed by atoms with E-state index < -0.39 is 0 Å². The topological polar surface area (TPSA) is 38.8 Å². The molecule has 0 saturated carbocycles. The van der Waals surface area contributed by atoms with E-state index in [4.69, 9.17) is 9.31 Å².